The van der Waals surface area contributed by atoms with Gasteiger partial charge in [-0.2, -0.15) is 25.3 Å². The van der Waals surface area contributed by atoms with E-state index < -0.39 is 11.9 Å². The van der Waals surface area contributed by atoms with Gasteiger partial charge in [0, 0.05) is 11.9 Å². The first kappa shape index (κ1) is 37.3. The minimum atomic E-state index is -0.912. The Kier molecular flexibility index (Phi) is 37.0. The molecule has 0 aromatic carbocycles. The van der Waals surface area contributed by atoms with Crippen LogP contribution in [0, 0.1) is 11.8 Å². The van der Waals surface area contributed by atoms with E-state index >= 15 is 0 Å². The summed E-state index contributed by atoms with van der Waals surface area (Å²) in [5, 5.41) is 21.2. The number of aliphatic carboxylic acids is 2. The molecule has 0 amide bonds. The van der Waals surface area contributed by atoms with Crippen molar-refractivity contribution in [2.24, 2.45) is 11.8 Å². The third-order valence-electron chi connectivity index (χ3n) is 5.06. The molecule has 0 aliphatic rings. The predicted molar refractivity (Wildman–Crippen MR) is 143 cm³/mol. The van der Waals surface area contributed by atoms with Crippen LogP contribution in [0.3, 0.4) is 0 Å². The van der Waals surface area contributed by atoms with Gasteiger partial charge in [-0.3, -0.25) is 0 Å². The van der Waals surface area contributed by atoms with Gasteiger partial charge >= 0.3 is 53.1 Å². The van der Waals surface area contributed by atoms with Crippen molar-refractivity contribution in [3.05, 3.63) is 0 Å². The number of hydrogen-bond acceptors (Lipinski definition) is 6. The van der Waals surface area contributed by atoms with Crippen LogP contribution in [0.1, 0.15) is 111 Å². The fourth-order valence-corrected chi connectivity index (χ4v) is 5.86. The fraction of sp³-hybridized carbons (Fsp3) is 0.917. The number of rotatable bonds is 19. The molecule has 0 spiro atoms. The standard InChI is InChI=1S/2C10H20O2S.C4H9.ClH.Sn/c2*1-2-3-4-5-6-9(7-8-13)10(11)12;1-3-4-2;;/h2*9,13H,2-8H2,1H3,(H,11,12);1,3-4H2,2H3;1H;/q;;;;+3/p-3. The van der Waals surface area contributed by atoms with E-state index in [1.165, 1.54) is 43.0 Å². The second-order valence-corrected chi connectivity index (χ2v) is 12.9. The number of halogens is 1. The van der Waals surface area contributed by atoms with Gasteiger partial charge in [0.2, 0.25) is 0 Å². The van der Waals surface area contributed by atoms with E-state index in [0.29, 0.717) is 24.3 Å². The van der Waals surface area contributed by atoms with Crippen LogP contribution in [0.15, 0.2) is 0 Å². The van der Waals surface area contributed by atoms with E-state index in [1.807, 2.05) is 0 Å². The molecule has 0 aromatic rings. The summed E-state index contributed by atoms with van der Waals surface area (Å²) in [6.07, 6.45) is 14.5. The van der Waals surface area contributed by atoms with Gasteiger partial charge in [0.25, 0.3) is 0 Å². The summed E-state index contributed by atoms with van der Waals surface area (Å²) < 4.78 is 1.35. The molecule has 0 heterocycles. The third kappa shape index (κ3) is 30.7. The Morgan fingerprint density at radius 2 is 1.06 bits per heavy atom. The number of unbranched alkanes of at least 4 members (excludes halogenated alkanes) is 7. The molecule has 0 aliphatic carbocycles. The molecule has 0 radical (unpaired) electrons. The first-order chi connectivity index (χ1) is 15.4. The molecule has 0 aliphatic heterocycles. The third-order valence-corrected chi connectivity index (χ3v) is 8.39. The average molecular weight is 618 g/mol. The second kappa shape index (κ2) is 31.7. The van der Waals surface area contributed by atoms with Crippen LogP contribution in [0.2, 0.25) is 4.44 Å². The fourth-order valence-electron chi connectivity index (χ4n) is 2.95. The van der Waals surface area contributed by atoms with Gasteiger partial charge < -0.3 is 19.8 Å². The molecule has 190 valence electrons. The summed E-state index contributed by atoms with van der Waals surface area (Å²) in [6.45, 7) is 6.49. The van der Waals surface area contributed by atoms with Crippen LogP contribution < -0.4 is 10.2 Å². The van der Waals surface area contributed by atoms with Gasteiger partial charge in [-0.25, -0.2) is 0 Å². The summed E-state index contributed by atoms with van der Waals surface area (Å²) >= 11 is 7.72. The van der Waals surface area contributed by atoms with Gasteiger partial charge in [-0.05, 0) is 49.0 Å². The van der Waals surface area contributed by atoms with Crippen LogP contribution in [-0.4, -0.2) is 43.5 Å². The van der Waals surface area contributed by atoms with Crippen LogP contribution in [0.5, 0.6) is 0 Å². The maximum absolute atomic E-state index is 10.6. The summed E-state index contributed by atoms with van der Waals surface area (Å²) in [6, 6.07) is 0. The van der Waals surface area contributed by atoms with Crippen LogP contribution in [0.25, 0.3) is 0 Å². The number of carboxylic acid groups (broad SMARTS) is 2. The number of hydrogen-bond donors (Lipinski definition) is 2. The van der Waals surface area contributed by atoms with Crippen LogP contribution >= 0.6 is 34.2 Å². The van der Waals surface area contributed by atoms with Crippen molar-refractivity contribution in [3.8, 4) is 0 Å². The Bertz CT molecular complexity index is 368. The van der Waals surface area contributed by atoms with Crippen LogP contribution in [0.4, 0.5) is 0 Å². The number of carbonyl (C=O) groups excluding carboxylic acids is 2. The summed E-state index contributed by atoms with van der Waals surface area (Å²) in [4.78, 5) is 21.2. The topological polar surface area (TPSA) is 80.3 Å². The van der Waals surface area contributed by atoms with E-state index in [-0.39, 0.29) is 31.9 Å². The molecular formula is C24H47ClO4S2Sn. The van der Waals surface area contributed by atoms with Gasteiger partial charge in [-0.1, -0.05) is 65.2 Å². The van der Waals surface area contributed by atoms with Gasteiger partial charge in [0.15, 0.2) is 0 Å². The monoisotopic (exact) mass is 618 g/mol. The van der Waals surface area contributed by atoms with Gasteiger partial charge in [0.05, 0.1) is 0 Å². The van der Waals surface area contributed by atoms with E-state index in [1.54, 1.807) is 0 Å². The quantitative estimate of drug-likeness (QED) is 0.116. The van der Waals surface area contributed by atoms with Crippen molar-refractivity contribution >= 4 is 66.1 Å². The van der Waals surface area contributed by atoms with E-state index in [2.05, 4.69) is 46.0 Å². The van der Waals surface area contributed by atoms with Gasteiger partial charge in [-0.15, -0.1) is 0 Å². The van der Waals surface area contributed by atoms with E-state index in [9.17, 15) is 19.8 Å². The molecule has 0 saturated carbocycles. The number of carboxylic acids is 2. The van der Waals surface area contributed by atoms with Crippen molar-refractivity contribution in [1.82, 2.24) is 0 Å². The minimum absolute atomic E-state index is 0.283. The van der Waals surface area contributed by atoms with E-state index in [0.717, 1.165) is 38.5 Å². The molecule has 0 bridgehead atoms. The summed E-state index contributed by atoms with van der Waals surface area (Å²) in [7, 11) is 5.55. The van der Waals surface area contributed by atoms with Crippen molar-refractivity contribution < 1.29 is 19.8 Å². The molecule has 0 saturated heterocycles. The van der Waals surface area contributed by atoms with Gasteiger partial charge in [0.1, 0.15) is 0 Å². The Balaban J connectivity index is -0.000000422. The van der Waals surface area contributed by atoms with Crippen LogP contribution in [-0.2, 0) is 9.59 Å². The number of carbonyl (C=O) groups is 2. The van der Waals surface area contributed by atoms with E-state index in [4.69, 9.17) is 8.92 Å². The second-order valence-electron chi connectivity index (χ2n) is 7.99. The maximum atomic E-state index is 10.6. The normalized spacial score (nSPS) is 11.8. The van der Waals surface area contributed by atoms with Crippen molar-refractivity contribution in [2.75, 3.05) is 11.5 Å². The average Bonchev–Trinajstić information content (AvgIpc) is 2.77. The summed E-state index contributed by atoms with van der Waals surface area (Å²) in [5.74, 6) is -1.13. The zero-order valence-corrected chi connectivity index (χ0v) is 26.0. The molecule has 8 heteroatoms. The molecule has 0 fully saturated rings. The summed E-state index contributed by atoms with van der Waals surface area (Å²) in [5.41, 5.74) is 0. The zero-order chi connectivity index (χ0) is 25.0. The number of thiol groups is 2. The molecule has 2 atom stereocenters. The molecule has 0 rings (SSSR count). The predicted octanol–water partition coefficient (Wildman–Crippen LogP) is 5.35. The Morgan fingerprint density at radius 1 is 0.688 bits per heavy atom. The molecule has 0 aromatic heterocycles. The molecule has 2 unspecified atom stereocenters. The Labute approximate surface area is 223 Å². The molecule has 0 N–H and O–H groups in total. The SMILES string of the molecule is CCCCCCC(CCS)C(=O)[O-].CCCCCCC(CCS)C(=O)[O-].CCC[CH2][Sn+2][Cl]. The Hall–Kier alpha value is 0.729. The van der Waals surface area contributed by atoms with Crippen molar-refractivity contribution in [3.63, 3.8) is 0 Å². The Morgan fingerprint density at radius 3 is 1.28 bits per heavy atom. The molecule has 32 heavy (non-hydrogen) atoms. The molecule has 4 nitrogen and oxygen atoms in total. The zero-order valence-electron chi connectivity index (χ0n) is 20.6. The van der Waals surface area contributed by atoms with Crippen molar-refractivity contribution in [1.29, 1.82) is 0 Å². The van der Waals surface area contributed by atoms with Crippen molar-refractivity contribution in [2.45, 2.75) is 115 Å². The first-order valence-corrected chi connectivity index (χ1v) is 19.2. The first-order valence-electron chi connectivity index (χ1n) is 12.3. The molecular weight excluding hydrogens is 571 g/mol.